The van der Waals surface area contributed by atoms with Crippen LogP contribution in [0.4, 0.5) is 22.7 Å². The quantitative estimate of drug-likeness (QED) is 0.354. The van der Waals surface area contributed by atoms with Crippen LogP contribution in [-0.4, -0.2) is 29.0 Å². The van der Waals surface area contributed by atoms with Crippen molar-refractivity contribution < 1.29 is 14.6 Å². The molecule has 11 heteroatoms. The lowest BCUT2D eigenvalue weighted by Crippen LogP contribution is -2.32. The van der Waals surface area contributed by atoms with Gasteiger partial charge < -0.3 is 15.4 Å². The number of fused-ring (bicyclic) bond motifs is 1. The Kier molecular flexibility index (Phi) is 6.13. The Hall–Kier alpha value is -3.39. The number of rotatable bonds is 7. The zero-order valence-corrected chi connectivity index (χ0v) is 16.6. The summed E-state index contributed by atoms with van der Waals surface area (Å²) < 4.78 is 6.02. The van der Waals surface area contributed by atoms with Crippen LogP contribution < -0.4 is 15.4 Å². The van der Waals surface area contributed by atoms with E-state index >= 15 is 0 Å². The summed E-state index contributed by atoms with van der Waals surface area (Å²) >= 11 is 3.18. The molecule has 0 fully saturated rings. The number of hydrogen-bond acceptors (Lipinski definition) is 8. The maximum absolute atomic E-state index is 11.3. The second kappa shape index (κ2) is 8.74. The highest BCUT2D eigenvalue weighted by Crippen LogP contribution is 2.39. The molecule has 2 aromatic carbocycles. The molecule has 1 aliphatic heterocycles. The van der Waals surface area contributed by atoms with Crippen molar-refractivity contribution in [3.8, 4) is 11.8 Å². The first kappa shape index (κ1) is 20.3. The van der Waals surface area contributed by atoms with Crippen LogP contribution in [0.25, 0.3) is 0 Å². The SMILES string of the molecule is N#Cc1cc2c(c([N+](=O)[O-])c1)N[C@@H](CCCNc1cccc(Br)c1[N+](=O)[O-])CO2. The molecule has 29 heavy (non-hydrogen) atoms. The fourth-order valence-electron chi connectivity index (χ4n) is 3.07. The molecule has 0 radical (unpaired) electrons. The topological polar surface area (TPSA) is 143 Å². The number of para-hydroxylation sites is 1. The fraction of sp³-hybridized carbons (Fsp3) is 0.278. The highest BCUT2D eigenvalue weighted by Gasteiger charge is 2.27. The third-order valence-electron chi connectivity index (χ3n) is 4.41. The van der Waals surface area contributed by atoms with Gasteiger partial charge in [-0.15, -0.1) is 0 Å². The number of halogens is 1. The van der Waals surface area contributed by atoms with Gasteiger partial charge in [-0.05, 0) is 40.9 Å². The van der Waals surface area contributed by atoms with Crippen LogP contribution >= 0.6 is 15.9 Å². The highest BCUT2D eigenvalue weighted by molar-refractivity contribution is 9.10. The predicted octanol–water partition coefficient (Wildman–Crippen LogP) is 4.20. The first-order valence-electron chi connectivity index (χ1n) is 8.69. The molecule has 1 atom stereocenters. The molecule has 1 heterocycles. The van der Waals surface area contributed by atoms with Gasteiger partial charge in [0.05, 0.1) is 32.0 Å². The summed E-state index contributed by atoms with van der Waals surface area (Å²) in [5, 5.41) is 37.7. The molecule has 0 bridgehead atoms. The summed E-state index contributed by atoms with van der Waals surface area (Å²) in [5.41, 5.74) is 0.620. The molecule has 150 valence electrons. The van der Waals surface area contributed by atoms with E-state index in [0.29, 0.717) is 36.2 Å². The summed E-state index contributed by atoms with van der Waals surface area (Å²) in [4.78, 5) is 21.5. The number of anilines is 2. The first-order chi connectivity index (χ1) is 13.9. The maximum Gasteiger partial charge on any atom is 0.306 e. The molecular formula is C18H16BrN5O5. The van der Waals surface area contributed by atoms with Crippen LogP contribution in [-0.2, 0) is 0 Å². The number of hydrogen-bond donors (Lipinski definition) is 2. The molecule has 3 rings (SSSR count). The minimum atomic E-state index is -0.549. The summed E-state index contributed by atoms with van der Waals surface area (Å²) in [6.07, 6.45) is 1.29. The second-order valence-electron chi connectivity index (χ2n) is 6.35. The average molecular weight is 462 g/mol. The molecule has 0 saturated carbocycles. The summed E-state index contributed by atoms with van der Waals surface area (Å²) in [5.74, 6) is 0.287. The van der Waals surface area contributed by atoms with Gasteiger partial charge in [0.1, 0.15) is 12.3 Å². The van der Waals surface area contributed by atoms with Gasteiger partial charge in [0.15, 0.2) is 11.4 Å². The number of nitriles is 1. The van der Waals surface area contributed by atoms with Crippen LogP contribution in [0.1, 0.15) is 18.4 Å². The van der Waals surface area contributed by atoms with E-state index in [4.69, 9.17) is 10.00 Å². The standard InChI is InChI=1S/C18H16BrN5O5/c19-13-4-1-5-14(18(13)24(27)28)21-6-2-3-12-10-29-16-8-11(9-20)7-15(23(25)26)17(16)22-12/h1,4-5,7-8,12,21-22H,2-3,6,10H2/t12-/m0/s1. The lowest BCUT2D eigenvalue weighted by Gasteiger charge is -2.27. The lowest BCUT2D eigenvalue weighted by molar-refractivity contribution is -0.384. The smallest absolute Gasteiger partial charge is 0.306 e. The summed E-state index contributed by atoms with van der Waals surface area (Å²) in [7, 11) is 0. The van der Waals surface area contributed by atoms with Gasteiger partial charge in [0, 0.05) is 18.7 Å². The molecule has 0 amide bonds. The number of ether oxygens (including phenoxy) is 1. The van der Waals surface area contributed by atoms with Crippen molar-refractivity contribution >= 4 is 38.7 Å². The van der Waals surface area contributed by atoms with Crippen molar-refractivity contribution in [3.05, 3.63) is 60.6 Å². The van der Waals surface area contributed by atoms with Gasteiger partial charge in [0.2, 0.25) is 0 Å². The highest BCUT2D eigenvalue weighted by atomic mass is 79.9. The first-order valence-corrected chi connectivity index (χ1v) is 9.48. The van der Waals surface area contributed by atoms with E-state index in [1.165, 1.54) is 12.1 Å². The van der Waals surface area contributed by atoms with Crippen molar-refractivity contribution in [3.63, 3.8) is 0 Å². The molecule has 0 unspecified atom stereocenters. The molecule has 0 aliphatic carbocycles. The summed E-state index contributed by atoms with van der Waals surface area (Å²) in [6, 6.07) is 9.36. The zero-order valence-electron chi connectivity index (χ0n) is 15.1. The van der Waals surface area contributed by atoms with Crippen LogP contribution in [0.3, 0.4) is 0 Å². The maximum atomic E-state index is 11.3. The van der Waals surface area contributed by atoms with E-state index in [1.54, 1.807) is 18.2 Å². The molecule has 0 saturated heterocycles. The fourth-order valence-corrected chi connectivity index (χ4v) is 3.59. The Morgan fingerprint density at radius 1 is 1.31 bits per heavy atom. The molecule has 10 nitrogen and oxygen atoms in total. The van der Waals surface area contributed by atoms with Crippen molar-refractivity contribution in [2.45, 2.75) is 18.9 Å². The third kappa shape index (κ3) is 4.55. The van der Waals surface area contributed by atoms with Gasteiger partial charge in [-0.2, -0.15) is 5.26 Å². The van der Waals surface area contributed by atoms with E-state index < -0.39 is 9.85 Å². The normalized spacial score (nSPS) is 14.7. The number of nitrogens with zero attached hydrogens (tertiary/aromatic N) is 3. The lowest BCUT2D eigenvalue weighted by atomic mass is 10.1. The zero-order chi connectivity index (χ0) is 21.0. The van der Waals surface area contributed by atoms with Crippen LogP contribution in [0.5, 0.6) is 5.75 Å². The Bertz CT molecular complexity index is 1010. The predicted molar refractivity (Wildman–Crippen MR) is 109 cm³/mol. The van der Waals surface area contributed by atoms with Crippen LogP contribution in [0.15, 0.2) is 34.8 Å². The van der Waals surface area contributed by atoms with Gasteiger partial charge >= 0.3 is 5.69 Å². The minimum Gasteiger partial charge on any atom is -0.489 e. The Morgan fingerprint density at radius 3 is 2.79 bits per heavy atom. The van der Waals surface area contributed by atoms with E-state index in [1.807, 2.05) is 6.07 Å². The number of benzene rings is 2. The monoisotopic (exact) mass is 461 g/mol. The van der Waals surface area contributed by atoms with Gasteiger partial charge in [0.25, 0.3) is 5.69 Å². The van der Waals surface area contributed by atoms with E-state index in [2.05, 4.69) is 26.6 Å². The van der Waals surface area contributed by atoms with Crippen molar-refractivity contribution in [2.75, 3.05) is 23.8 Å². The summed E-state index contributed by atoms with van der Waals surface area (Å²) in [6.45, 7) is 0.786. The van der Waals surface area contributed by atoms with Crippen molar-refractivity contribution in [1.82, 2.24) is 0 Å². The molecule has 2 N–H and O–H groups in total. The molecule has 1 aliphatic rings. The van der Waals surface area contributed by atoms with Gasteiger partial charge in [-0.1, -0.05) is 6.07 Å². The molecule has 2 aromatic rings. The van der Waals surface area contributed by atoms with Gasteiger partial charge in [-0.3, -0.25) is 20.2 Å². The van der Waals surface area contributed by atoms with E-state index in [-0.39, 0.29) is 34.4 Å². The van der Waals surface area contributed by atoms with Crippen LogP contribution in [0.2, 0.25) is 0 Å². The van der Waals surface area contributed by atoms with Crippen molar-refractivity contribution in [1.29, 1.82) is 5.26 Å². The van der Waals surface area contributed by atoms with E-state index in [9.17, 15) is 20.2 Å². The minimum absolute atomic E-state index is 0.0236. The number of nitro benzene ring substituents is 2. The van der Waals surface area contributed by atoms with E-state index in [0.717, 1.165) is 0 Å². The second-order valence-corrected chi connectivity index (χ2v) is 7.21. The van der Waals surface area contributed by atoms with Gasteiger partial charge in [-0.25, -0.2) is 0 Å². The van der Waals surface area contributed by atoms with Crippen LogP contribution in [0, 0.1) is 31.6 Å². The molecule has 0 spiro atoms. The van der Waals surface area contributed by atoms with Crippen molar-refractivity contribution in [2.24, 2.45) is 0 Å². The third-order valence-corrected chi connectivity index (χ3v) is 5.05. The molecular weight excluding hydrogens is 446 g/mol. The number of nitrogens with one attached hydrogen (secondary N) is 2. The Labute approximate surface area is 173 Å². The molecule has 0 aromatic heterocycles. The average Bonchev–Trinajstić information content (AvgIpc) is 2.69. The Morgan fingerprint density at radius 2 is 2.10 bits per heavy atom. The number of nitro groups is 2. The Balaban J connectivity index is 1.61. The largest absolute Gasteiger partial charge is 0.489 e.